The van der Waals surface area contributed by atoms with E-state index in [-0.39, 0.29) is 74.0 Å². The summed E-state index contributed by atoms with van der Waals surface area (Å²) in [5.74, 6) is -3.99. The predicted octanol–water partition coefficient (Wildman–Crippen LogP) is 1.89. The van der Waals surface area contributed by atoms with Crippen LogP contribution in [0.1, 0.15) is 84.9 Å². The molecule has 1 aromatic rings. The molecule has 1 fully saturated rings. The number of unbranched alkanes of at least 4 members (excludes halogenated alkanes) is 3. The van der Waals surface area contributed by atoms with Crippen molar-refractivity contribution in [1.29, 1.82) is 0 Å². The van der Waals surface area contributed by atoms with Crippen LogP contribution in [0.4, 0.5) is 5.69 Å². The highest BCUT2D eigenvalue weighted by atomic mass is 16.6. The molecule has 1 atom stereocenters. The summed E-state index contributed by atoms with van der Waals surface area (Å²) in [6.07, 6.45) is 3.57. The van der Waals surface area contributed by atoms with Crippen LogP contribution in [0, 0.1) is 0 Å². The Morgan fingerprint density at radius 2 is 1.16 bits per heavy atom. The zero-order valence-corrected chi connectivity index (χ0v) is 33.0. The summed E-state index contributed by atoms with van der Waals surface area (Å²) in [7, 11) is 0. The van der Waals surface area contributed by atoms with Gasteiger partial charge in [-0.1, -0.05) is 12.5 Å². The van der Waals surface area contributed by atoms with E-state index in [1.807, 2.05) is 0 Å². The minimum atomic E-state index is -1.08. The zero-order chi connectivity index (χ0) is 41.8. The van der Waals surface area contributed by atoms with Crippen LogP contribution in [0.2, 0.25) is 0 Å². The van der Waals surface area contributed by atoms with E-state index < -0.39 is 35.6 Å². The van der Waals surface area contributed by atoms with E-state index in [0.717, 1.165) is 17.7 Å². The number of piperidine rings is 1. The van der Waals surface area contributed by atoms with Crippen molar-refractivity contribution < 1.29 is 76.6 Å². The number of nitrogens with one attached hydrogen (secondary N) is 2. The summed E-state index contributed by atoms with van der Waals surface area (Å²) in [6.45, 7) is 5.96. The quantitative estimate of drug-likeness (QED) is 0.0511. The average molecular weight is 824 g/mol. The van der Waals surface area contributed by atoms with Gasteiger partial charge in [0.1, 0.15) is 12.6 Å². The second-order valence-corrected chi connectivity index (χ2v) is 13.1. The van der Waals surface area contributed by atoms with Gasteiger partial charge in [0.2, 0.25) is 17.7 Å². The molecule has 0 aliphatic carbocycles. The molecule has 1 unspecified atom stereocenters. The van der Waals surface area contributed by atoms with E-state index in [0.29, 0.717) is 105 Å². The molecule has 0 spiro atoms. The standard InChI is InChI=1S/C39H57N3O16/c43-32(40-30-8-6-7-29-36(30)39(50)42(38(29)49)31-12-13-33(44)41-37(31)48)9-2-1-5-14-51-15-16-52-17-18-53-19-20-54-21-22-55-23-24-56-25-26-57-27-28-58-35(47)11-4-3-10-34(45)46/h6-8,31H,1-5,9-28H2,(H,40,43)(H,45,46)(H,41,44,48). The van der Waals surface area contributed by atoms with Gasteiger partial charge in [-0.2, -0.15) is 0 Å². The normalized spacial score (nSPS) is 15.1. The van der Waals surface area contributed by atoms with Gasteiger partial charge in [-0.15, -0.1) is 0 Å². The fourth-order valence-corrected chi connectivity index (χ4v) is 5.75. The molecule has 2 aliphatic rings. The predicted molar refractivity (Wildman–Crippen MR) is 203 cm³/mol. The first-order valence-corrected chi connectivity index (χ1v) is 19.7. The number of anilines is 1. The fourth-order valence-electron chi connectivity index (χ4n) is 5.75. The van der Waals surface area contributed by atoms with Gasteiger partial charge in [0.25, 0.3) is 11.8 Å². The van der Waals surface area contributed by atoms with Crippen LogP contribution in [0.5, 0.6) is 0 Å². The van der Waals surface area contributed by atoms with Crippen LogP contribution in [0.15, 0.2) is 18.2 Å². The first-order chi connectivity index (χ1) is 28.2. The van der Waals surface area contributed by atoms with E-state index in [2.05, 4.69) is 10.6 Å². The number of fused-ring (bicyclic) bond motifs is 1. The number of carbonyl (C=O) groups excluding carboxylic acids is 6. The highest BCUT2D eigenvalue weighted by molar-refractivity contribution is 6.26. The lowest BCUT2D eigenvalue weighted by atomic mass is 10.0. The van der Waals surface area contributed by atoms with Crippen LogP contribution in [-0.2, 0) is 61.9 Å². The minimum Gasteiger partial charge on any atom is -0.481 e. The molecule has 3 rings (SSSR count). The Kier molecular flexibility index (Phi) is 23.9. The van der Waals surface area contributed by atoms with Crippen molar-refractivity contribution >= 4 is 47.2 Å². The number of carboxylic acid groups (broad SMARTS) is 1. The molecule has 1 saturated heterocycles. The number of hydrogen-bond donors (Lipinski definition) is 3. The van der Waals surface area contributed by atoms with E-state index in [1.165, 1.54) is 6.07 Å². The van der Waals surface area contributed by atoms with Crippen LogP contribution in [0.3, 0.4) is 0 Å². The van der Waals surface area contributed by atoms with E-state index in [9.17, 15) is 33.6 Å². The van der Waals surface area contributed by atoms with Gasteiger partial charge in [-0.05, 0) is 44.2 Å². The smallest absolute Gasteiger partial charge is 0.305 e. The number of hydrogen-bond acceptors (Lipinski definition) is 15. The van der Waals surface area contributed by atoms with Gasteiger partial charge < -0.3 is 48.3 Å². The first kappa shape index (κ1) is 48.0. The van der Waals surface area contributed by atoms with Crippen molar-refractivity contribution in [2.75, 3.05) is 104 Å². The number of amides is 5. The molecule has 324 valence electrons. The molecule has 3 N–H and O–H groups in total. The largest absolute Gasteiger partial charge is 0.481 e. The van der Waals surface area contributed by atoms with Crippen molar-refractivity contribution in [2.24, 2.45) is 0 Å². The Balaban J connectivity index is 1.03. The van der Waals surface area contributed by atoms with Gasteiger partial charge >= 0.3 is 11.9 Å². The lowest BCUT2D eigenvalue weighted by Crippen LogP contribution is -2.54. The van der Waals surface area contributed by atoms with E-state index >= 15 is 0 Å². The molecule has 1 aromatic carbocycles. The highest BCUT2D eigenvalue weighted by Gasteiger charge is 2.45. The topological polar surface area (TPSA) is 241 Å². The van der Waals surface area contributed by atoms with Crippen molar-refractivity contribution in [2.45, 2.75) is 70.3 Å². The van der Waals surface area contributed by atoms with Crippen LogP contribution < -0.4 is 10.6 Å². The average Bonchev–Trinajstić information content (AvgIpc) is 3.45. The maximum Gasteiger partial charge on any atom is 0.305 e. The van der Waals surface area contributed by atoms with Crippen LogP contribution in [0.25, 0.3) is 0 Å². The molecule has 19 nitrogen and oxygen atoms in total. The molecular weight excluding hydrogens is 766 g/mol. The number of imide groups is 2. The van der Waals surface area contributed by atoms with Crippen LogP contribution >= 0.6 is 0 Å². The summed E-state index contributed by atoms with van der Waals surface area (Å²) >= 11 is 0. The van der Waals surface area contributed by atoms with Crippen molar-refractivity contribution in [1.82, 2.24) is 10.2 Å². The second-order valence-electron chi connectivity index (χ2n) is 13.1. The van der Waals surface area contributed by atoms with Gasteiger partial charge in [-0.25, -0.2) is 0 Å². The van der Waals surface area contributed by atoms with Crippen molar-refractivity contribution in [3.05, 3.63) is 29.3 Å². The number of esters is 1. The zero-order valence-electron chi connectivity index (χ0n) is 33.0. The Bertz CT molecular complexity index is 1470. The van der Waals surface area contributed by atoms with Gasteiger partial charge in [0, 0.05) is 32.3 Å². The number of carboxylic acids is 1. The molecule has 0 saturated carbocycles. The van der Waals surface area contributed by atoms with E-state index in [4.69, 9.17) is 43.0 Å². The summed E-state index contributed by atoms with van der Waals surface area (Å²) in [6, 6.07) is 3.50. The molecule has 2 heterocycles. The van der Waals surface area contributed by atoms with Crippen molar-refractivity contribution in [3.8, 4) is 0 Å². The third-order valence-electron chi connectivity index (χ3n) is 8.68. The number of rotatable bonds is 34. The molecule has 0 bridgehead atoms. The molecule has 0 aromatic heterocycles. The molecule has 2 aliphatic heterocycles. The number of carbonyl (C=O) groups is 7. The summed E-state index contributed by atoms with van der Waals surface area (Å²) in [5.41, 5.74) is 0.358. The SMILES string of the molecule is O=C(O)CCCCC(=O)OCCOCCOCCOCCOCCOCCOCCOCCCCCC(=O)Nc1cccc2c1C(=O)N(C1CCC(=O)NC1=O)C2=O. The van der Waals surface area contributed by atoms with Gasteiger partial charge in [0.05, 0.1) is 103 Å². The number of nitrogens with zero attached hydrogens (tertiary/aromatic N) is 1. The Hall–Kier alpha value is -4.37. The lowest BCUT2D eigenvalue weighted by Gasteiger charge is -2.27. The third-order valence-corrected chi connectivity index (χ3v) is 8.68. The molecular formula is C39H57N3O16. The minimum absolute atomic E-state index is 0.0221. The fraction of sp³-hybridized carbons (Fsp3) is 0.667. The molecule has 19 heteroatoms. The maximum absolute atomic E-state index is 13.2. The van der Waals surface area contributed by atoms with E-state index in [1.54, 1.807) is 12.1 Å². The Labute approximate surface area is 337 Å². The number of benzene rings is 1. The summed E-state index contributed by atoms with van der Waals surface area (Å²) in [5, 5.41) is 13.5. The van der Waals surface area contributed by atoms with Gasteiger partial charge in [-0.3, -0.25) is 43.8 Å². The third kappa shape index (κ3) is 18.9. The lowest BCUT2D eigenvalue weighted by molar-refractivity contribution is -0.146. The molecule has 5 amide bonds. The number of aliphatic carboxylic acids is 1. The summed E-state index contributed by atoms with van der Waals surface area (Å²) < 4.78 is 43.2. The first-order valence-electron chi connectivity index (χ1n) is 19.7. The molecule has 0 radical (unpaired) electrons. The maximum atomic E-state index is 13.2. The Morgan fingerprint density at radius 1 is 0.638 bits per heavy atom. The summed E-state index contributed by atoms with van der Waals surface area (Å²) in [4.78, 5) is 85.4. The monoisotopic (exact) mass is 823 g/mol. The second kappa shape index (κ2) is 28.9. The van der Waals surface area contributed by atoms with Gasteiger partial charge in [0.15, 0.2) is 0 Å². The van der Waals surface area contributed by atoms with Crippen LogP contribution in [-0.4, -0.2) is 157 Å². The highest BCUT2D eigenvalue weighted by Crippen LogP contribution is 2.32. The Morgan fingerprint density at radius 3 is 1.71 bits per heavy atom. The molecule has 58 heavy (non-hydrogen) atoms. The number of ether oxygens (including phenoxy) is 8. The van der Waals surface area contributed by atoms with Crippen molar-refractivity contribution in [3.63, 3.8) is 0 Å².